The Labute approximate surface area is 178 Å². The van der Waals surface area contributed by atoms with Gasteiger partial charge in [0.25, 0.3) is 0 Å². The molecule has 1 unspecified atom stereocenters. The van der Waals surface area contributed by atoms with Crippen LogP contribution in [0.4, 0.5) is 5.82 Å². The van der Waals surface area contributed by atoms with Gasteiger partial charge in [-0.3, -0.25) is 4.90 Å². The maximum absolute atomic E-state index is 5.75. The summed E-state index contributed by atoms with van der Waals surface area (Å²) in [5.74, 6) is 2.45. The van der Waals surface area contributed by atoms with Crippen LogP contribution in [0.3, 0.4) is 0 Å². The van der Waals surface area contributed by atoms with E-state index in [-0.39, 0.29) is 6.04 Å². The van der Waals surface area contributed by atoms with E-state index in [1.807, 2.05) is 6.20 Å². The standard InChI is InChI=1S/C22H33N7O/c1-26-10-7-18(8-11-26)29-9-3-4-19(29)22-24-21(25-30-22)17-5-6-20(23-16-17)28-14-12-27(2)13-15-28/h5-6,16,18-19H,3-4,7-15H2,1-2H3. The van der Waals surface area contributed by atoms with Crippen molar-refractivity contribution in [1.82, 2.24) is 29.8 Å². The molecule has 0 N–H and O–H groups in total. The predicted molar refractivity (Wildman–Crippen MR) is 116 cm³/mol. The molecule has 162 valence electrons. The smallest absolute Gasteiger partial charge is 0.244 e. The van der Waals surface area contributed by atoms with E-state index < -0.39 is 0 Å². The summed E-state index contributed by atoms with van der Waals surface area (Å²) in [6.45, 7) is 7.67. The van der Waals surface area contributed by atoms with Crippen LogP contribution in [0.15, 0.2) is 22.9 Å². The van der Waals surface area contributed by atoms with Crippen LogP contribution in [0.1, 0.15) is 37.6 Å². The SMILES string of the molecule is CN1CCC(N2CCCC2c2nc(-c3ccc(N4CCN(C)CC4)nc3)no2)CC1. The van der Waals surface area contributed by atoms with Crippen molar-refractivity contribution in [1.29, 1.82) is 0 Å². The van der Waals surface area contributed by atoms with Gasteiger partial charge in [-0.25, -0.2) is 4.98 Å². The minimum Gasteiger partial charge on any atom is -0.354 e. The molecule has 0 bridgehead atoms. The summed E-state index contributed by atoms with van der Waals surface area (Å²) in [5.41, 5.74) is 0.923. The maximum atomic E-state index is 5.75. The lowest BCUT2D eigenvalue weighted by atomic mass is 10.0. The van der Waals surface area contributed by atoms with Crippen molar-refractivity contribution in [2.75, 3.05) is 64.8 Å². The summed E-state index contributed by atoms with van der Waals surface area (Å²) < 4.78 is 5.75. The van der Waals surface area contributed by atoms with E-state index >= 15 is 0 Å². The molecule has 0 saturated carbocycles. The van der Waals surface area contributed by atoms with Gasteiger partial charge in [0.15, 0.2) is 0 Å². The number of anilines is 1. The third-order valence-corrected chi connectivity index (χ3v) is 7.01. The number of nitrogens with zero attached hydrogens (tertiary/aromatic N) is 7. The summed E-state index contributed by atoms with van der Waals surface area (Å²) in [5, 5.41) is 4.29. The van der Waals surface area contributed by atoms with Gasteiger partial charge >= 0.3 is 0 Å². The second-order valence-corrected chi connectivity index (χ2v) is 9.08. The molecule has 0 aliphatic carbocycles. The van der Waals surface area contributed by atoms with Crippen LogP contribution < -0.4 is 4.90 Å². The van der Waals surface area contributed by atoms with Gasteiger partial charge < -0.3 is 19.2 Å². The summed E-state index contributed by atoms with van der Waals surface area (Å²) >= 11 is 0. The average molecular weight is 412 g/mol. The third-order valence-electron chi connectivity index (χ3n) is 7.01. The van der Waals surface area contributed by atoms with Crippen LogP contribution in [0.5, 0.6) is 0 Å². The molecule has 8 nitrogen and oxygen atoms in total. The molecule has 8 heteroatoms. The monoisotopic (exact) mass is 411 g/mol. The Morgan fingerprint density at radius 1 is 0.900 bits per heavy atom. The molecule has 0 spiro atoms. The molecule has 3 aliphatic rings. The van der Waals surface area contributed by atoms with E-state index in [0.717, 1.165) is 56.4 Å². The van der Waals surface area contributed by atoms with Gasteiger partial charge in [0, 0.05) is 44.0 Å². The molecule has 3 fully saturated rings. The Morgan fingerprint density at radius 2 is 1.67 bits per heavy atom. The van der Waals surface area contributed by atoms with E-state index in [1.54, 1.807) is 0 Å². The lowest BCUT2D eigenvalue weighted by Gasteiger charge is -2.37. The van der Waals surface area contributed by atoms with Crippen LogP contribution in [-0.2, 0) is 0 Å². The third kappa shape index (κ3) is 4.08. The van der Waals surface area contributed by atoms with Gasteiger partial charge in [-0.2, -0.15) is 4.98 Å². The summed E-state index contributed by atoms with van der Waals surface area (Å²) in [7, 11) is 4.38. The first-order valence-electron chi connectivity index (χ1n) is 11.4. The van der Waals surface area contributed by atoms with Gasteiger partial charge in [-0.05, 0) is 71.5 Å². The number of pyridine rings is 1. The highest BCUT2D eigenvalue weighted by Crippen LogP contribution is 2.36. The fourth-order valence-electron chi connectivity index (χ4n) is 5.05. The summed E-state index contributed by atoms with van der Waals surface area (Å²) in [4.78, 5) is 19.2. The zero-order valence-corrected chi connectivity index (χ0v) is 18.2. The van der Waals surface area contributed by atoms with Gasteiger partial charge in [0.1, 0.15) is 5.82 Å². The van der Waals surface area contributed by atoms with Crippen molar-refractivity contribution >= 4 is 5.82 Å². The van der Waals surface area contributed by atoms with Crippen LogP contribution >= 0.6 is 0 Å². The van der Waals surface area contributed by atoms with Crippen molar-refractivity contribution in [2.45, 2.75) is 37.8 Å². The topological polar surface area (TPSA) is 64.8 Å². The lowest BCUT2D eigenvalue weighted by molar-refractivity contribution is 0.0958. The first kappa shape index (κ1) is 19.9. The molecule has 2 aromatic heterocycles. The second-order valence-electron chi connectivity index (χ2n) is 9.08. The minimum atomic E-state index is 0.261. The van der Waals surface area contributed by atoms with Crippen LogP contribution in [0, 0.1) is 0 Å². The first-order valence-corrected chi connectivity index (χ1v) is 11.4. The molecule has 1 atom stereocenters. The van der Waals surface area contributed by atoms with E-state index in [9.17, 15) is 0 Å². The molecule has 30 heavy (non-hydrogen) atoms. The number of likely N-dealkylation sites (N-methyl/N-ethyl adjacent to an activating group) is 1. The highest BCUT2D eigenvalue weighted by atomic mass is 16.5. The zero-order chi connectivity index (χ0) is 20.5. The molecule has 3 saturated heterocycles. The molecule has 2 aromatic rings. The highest BCUT2D eigenvalue weighted by Gasteiger charge is 2.36. The maximum Gasteiger partial charge on any atom is 0.244 e. The first-order chi connectivity index (χ1) is 14.7. The number of piperidine rings is 1. The number of likely N-dealkylation sites (tertiary alicyclic amines) is 2. The molecule has 0 radical (unpaired) electrons. The fraction of sp³-hybridized carbons (Fsp3) is 0.682. The van der Waals surface area contributed by atoms with E-state index in [1.165, 1.54) is 32.4 Å². The normalized spacial score (nSPS) is 25.3. The fourth-order valence-corrected chi connectivity index (χ4v) is 5.05. The van der Waals surface area contributed by atoms with Gasteiger partial charge in [-0.1, -0.05) is 5.16 Å². The van der Waals surface area contributed by atoms with E-state index in [4.69, 9.17) is 9.51 Å². The van der Waals surface area contributed by atoms with Gasteiger partial charge in [0.2, 0.25) is 11.7 Å². The Kier molecular flexibility index (Phi) is 5.71. The van der Waals surface area contributed by atoms with Crippen molar-refractivity contribution in [3.05, 3.63) is 24.2 Å². The molecule has 3 aliphatic heterocycles. The van der Waals surface area contributed by atoms with Crippen molar-refractivity contribution in [2.24, 2.45) is 0 Å². The number of hydrogen-bond donors (Lipinski definition) is 0. The Balaban J connectivity index is 1.27. The molecule has 0 aromatic carbocycles. The second kappa shape index (κ2) is 8.61. The number of piperazine rings is 1. The Hall–Kier alpha value is -2.03. The predicted octanol–water partition coefficient (Wildman–Crippen LogP) is 2.11. The molecular weight excluding hydrogens is 378 g/mol. The van der Waals surface area contributed by atoms with Crippen molar-refractivity contribution < 1.29 is 4.52 Å². The summed E-state index contributed by atoms with van der Waals surface area (Å²) in [6.07, 6.45) is 6.65. The highest BCUT2D eigenvalue weighted by molar-refractivity contribution is 5.56. The molecule has 5 rings (SSSR count). The zero-order valence-electron chi connectivity index (χ0n) is 18.2. The van der Waals surface area contributed by atoms with Crippen LogP contribution in [0.25, 0.3) is 11.4 Å². The molecule has 5 heterocycles. The van der Waals surface area contributed by atoms with E-state index in [2.05, 4.69) is 56.0 Å². The molecular formula is C22H33N7O. The van der Waals surface area contributed by atoms with Crippen molar-refractivity contribution in [3.63, 3.8) is 0 Å². The van der Waals surface area contributed by atoms with Crippen LogP contribution in [-0.4, -0.2) is 95.8 Å². The minimum absolute atomic E-state index is 0.261. The van der Waals surface area contributed by atoms with Gasteiger partial charge in [0.05, 0.1) is 6.04 Å². The lowest BCUT2D eigenvalue weighted by Crippen LogP contribution is -2.44. The van der Waals surface area contributed by atoms with E-state index in [0.29, 0.717) is 11.9 Å². The largest absolute Gasteiger partial charge is 0.354 e. The number of aromatic nitrogens is 3. The Morgan fingerprint density at radius 3 is 2.40 bits per heavy atom. The number of rotatable bonds is 4. The number of hydrogen-bond acceptors (Lipinski definition) is 8. The van der Waals surface area contributed by atoms with Gasteiger partial charge in [-0.15, -0.1) is 0 Å². The van der Waals surface area contributed by atoms with Crippen LogP contribution in [0.2, 0.25) is 0 Å². The quantitative estimate of drug-likeness (QED) is 0.758. The average Bonchev–Trinajstić information content (AvgIpc) is 3.45. The molecule has 0 amide bonds. The Bertz CT molecular complexity index is 822. The van der Waals surface area contributed by atoms with Crippen molar-refractivity contribution in [3.8, 4) is 11.4 Å². The summed E-state index contributed by atoms with van der Waals surface area (Å²) in [6, 6.07) is 5.04.